The Labute approximate surface area is 189 Å². The predicted octanol–water partition coefficient (Wildman–Crippen LogP) is 3.79. The van der Waals surface area contributed by atoms with Crippen LogP contribution < -0.4 is 29.9 Å². The fourth-order valence-electron chi connectivity index (χ4n) is 3.96. The molecule has 2 N–H and O–H groups in total. The summed E-state index contributed by atoms with van der Waals surface area (Å²) in [7, 11) is 3.12. The van der Waals surface area contributed by atoms with Crippen LogP contribution in [0, 0.1) is 6.92 Å². The smallest absolute Gasteiger partial charge is 0.319 e. The highest BCUT2D eigenvalue weighted by Gasteiger charge is 2.32. The maximum atomic E-state index is 12.6. The molecule has 3 rings (SSSR count). The van der Waals surface area contributed by atoms with E-state index in [4.69, 9.17) is 9.47 Å². The molecule has 1 atom stereocenters. The number of urea groups is 1. The minimum absolute atomic E-state index is 0.0534. The molecule has 2 aromatic carbocycles. The number of nitrogens with zero attached hydrogens (tertiary/aromatic N) is 2. The van der Waals surface area contributed by atoms with Gasteiger partial charge in [0.05, 0.1) is 20.3 Å². The second kappa shape index (κ2) is 10.3. The highest BCUT2D eigenvalue weighted by atomic mass is 16.5. The van der Waals surface area contributed by atoms with E-state index >= 15 is 0 Å². The van der Waals surface area contributed by atoms with E-state index in [1.165, 1.54) is 0 Å². The summed E-state index contributed by atoms with van der Waals surface area (Å²) in [5.41, 5.74) is 3.57. The summed E-state index contributed by atoms with van der Waals surface area (Å²) in [6.45, 7) is 8.45. The molecule has 8 heteroatoms. The minimum Gasteiger partial charge on any atom is -0.493 e. The number of hydrogen-bond acceptors (Lipinski definition) is 5. The van der Waals surface area contributed by atoms with Crippen LogP contribution in [0.15, 0.2) is 36.4 Å². The van der Waals surface area contributed by atoms with Crippen LogP contribution in [0.5, 0.6) is 11.5 Å². The lowest BCUT2D eigenvalue weighted by molar-refractivity contribution is -0.117. The maximum Gasteiger partial charge on any atom is 0.319 e. The number of anilines is 3. The van der Waals surface area contributed by atoms with Crippen LogP contribution >= 0.6 is 0 Å². The monoisotopic (exact) mass is 440 g/mol. The van der Waals surface area contributed by atoms with Gasteiger partial charge in [-0.25, -0.2) is 4.79 Å². The van der Waals surface area contributed by atoms with Crippen LogP contribution in [0.25, 0.3) is 0 Å². The number of benzene rings is 2. The number of hydrogen-bond donors (Lipinski definition) is 2. The van der Waals surface area contributed by atoms with Crippen molar-refractivity contribution in [1.29, 1.82) is 0 Å². The molecule has 8 nitrogen and oxygen atoms in total. The van der Waals surface area contributed by atoms with Gasteiger partial charge in [-0.2, -0.15) is 0 Å². The first-order valence-electron chi connectivity index (χ1n) is 10.9. The van der Waals surface area contributed by atoms with Crippen LogP contribution in [0.1, 0.15) is 25.8 Å². The molecule has 2 aromatic rings. The highest BCUT2D eigenvalue weighted by Crippen LogP contribution is 2.33. The zero-order chi connectivity index (χ0) is 23.3. The third-order valence-corrected chi connectivity index (χ3v) is 5.73. The Morgan fingerprint density at radius 2 is 1.81 bits per heavy atom. The van der Waals surface area contributed by atoms with Crippen molar-refractivity contribution < 1.29 is 19.1 Å². The first-order valence-corrected chi connectivity index (χ1v) is 10.9. The summed E-state index contributed by atoms with van der Waals surface area (Å²) in [5, 5.41) is 5.82. The zero-order valence-corrected chi connectivity index (χ0v) is 19.4. The van der Waals surface area contributed by atoms with Gasteiger partial charge in [0.15, 0.2) is 11.5 Å². The molecule has 0 spiro atoms. The number of carbonyl (C=O) groups excluding carboxylic acids is 2. The Bertz CT molecular complexity index is 974. The second-order valence-electron chi connectivity index (χ2n) is 7.71. The van der Waals surface area contributed by atoms with Crippen molar-refractivity contribution in [3.8, 4) is 11.5 Å². The molecule has 0 unspecified atom stereocenters. The van der Waals surface area contributed by atoms with Crippen molar-refractivity contribution in [2.45, 2.75) is 33.2 Å². The number of nitrogens with one attached hydrogen (secondary N) is 2. The number of aryl methyl sites for hydroxylation is 1. The molecule has 0 radical (unpaired) electrons. The molecule has 1 heterocycles. The molecule has 0 saturated carbocycles. The summed E-state index contributed by atoms with van der Waals surface area (Å²) in [6, 6.07) is 10.7. The number of amides is 3. The maximum absolute atomic E-state index is 12.6. The van der Waals surface area contributed by atoms with Gasteiger partial charge in [-0.3, -0.25) is 4.79 Å². The van der Waals surface area contributed by atoms with E-state index in [0.717, 1.165) is 30.0 Å². The van der Waals surface area contributed by atoms with Gasteiger partial charge in [0.25, 0.3) is 0 Å². The Kier molecular flexibility index (Phi) is 7.45. The molecule has 1 saturated heterocycles. The van der Waals surface area contributed by atoms with Crippen LogP contribution in [0.2, 0.25) is 0 Å². The van der Waals surface area contributed by atoms with E-state index in [2.05, 4.69) is 35.4 Å². The average molecular weight is 441 g/mol. The van der Waals surface area contributed by atoms with Gasteiger partial charge in [-0.15, -0.1) is 0 Å². The molecule has 1 fully saturated rings. The van der Waals surface area contributed by atoms with Crippen molar-refractivity contribution in [2.75, 3.05) is 49.0 Å². The quantitative estimate of drug-likeness (QED) is 0.653. The fraction of sp³-hybridized carbons (Fsp3) is 0.417. The van der Waals surface area contributed by atoms with E-state index in [-0.39, 0.29) is 24.4 Å². The summed E-state index contributed by atoms with van der Waals surface area (Å²) in [5.74, 6) is 1.09. The third-order valence-electron chi connectivity index (χ3n) is 5.73. The lowest BCUT2D eigenvalue weighted by atomic mass is 10.1. The lowest BCUT2D eigenvalue weighted by Gasteiger charge is -2.22. The Balaban J connectivity index is 1.63. The highest BCUT2D eigenvalue weighted by molar-refractivity contribution is 5.98. The molecule has 172 valence electrons. The first-order chi connectivity index (χ1) is 15.4. The van der Waals surface area contributed by atoms with E-state index in [1.54, 1.807) is 31.3 Å². The van der Waals surface area contributed by atoms with Crippen LogP contribution in [-0.2, 0) is 4.79 Å². The van der Waals surface area contributed by atoms with Crippen molar-refractivity contribution >= 4 is 29.0 Å². The summed E-state index contributed by atoms with van der Waals surface area (Å²) >= 11 is 0. The Morgan fingerprint density at radius 3 is 2.44 bits per heavy atom. The van der Waals surface area contributed by atoms with Gasteiger partial charge in [-0.1, -0.05) is 0 Å². The van der Waals surface area contributed by atoms with Gasteiger partial charge >= 0.3 is 6.03 Å². The fourth-order valence-corrected chi connectivity index (χ4v) is 3.96. The van der Waals surface area contributed by atoms with Gasteiger partial charge < -0.3 is 29.9 Å². The second-order valence-corrected chi connectivity index (χ2v) is 7.71. The van der Waals surface area contributed by atoms with Crippen LogP contribution in [0.4, 0.5) is 21.9 Å². The first kappa shape index (κ1) is 23.2. The summed E-state index contributed by atoms with van der Waals surface area (Å²) in [6.07, 6.45) is 0.238. The molecule has 0 bridgehead atoms. The van der Waals surface area contributed by atoms with Crippen LogP contribution in [-0.4, -0.2) is 51.8 Å². The number of rotatable bonds is 8. The summed E-state index contributed by atoms with van der Waals surface area (Å²) in [4.78, 5) is 29.1. The molecular formula is C24H32N4O4. The van der Waals surface area contributed by atoms with Gasteiger partial charge in [-0.05, 0) is 56.7 Å². The normalized spacial score (nSPS) is 15.5. The number of carbonyl (C=O) groups is 2. The average Bonchev–Trinajstić information content (AvgIpc) is 3.15. The Hall–Kier alpha value is -3.42. The standard InChI is InChI=1S/C24H32N4O4/c1-6-27(7-2)18-8-10-20(16(3)12-18)26-24(30)25-17-13-23(29)28(15-17)19-9-11-21(31-4)22(14-19)32-5/h8-12,14,17H,6-7,13,15H2,1-5H3,(H2,25,26,30)/t17-/m0/s1. The van der Waals surface area contributed by atoms with Crippen molar-refractivity contribution in [3.63, 3.8) is 0 Å². The third kappa shape index (κ3) is 5.07. The summed E-state index contributed by atoms with van der Waals surface area (Å²) < 4.78 is 10.6. The molecule has 0 aromatic heterocycles. The van der Waals surface area contributed by atoms with Gasteiger partial charge in [0.1, 0.15) is 0 Å². The molecule has 32 heavy (non-hydrogen) atoms. The van der Waals surface area contributed by atoms with Crippen molar-refractivity contribution in [2.24, 2.45) is 0 Å². The van der Waals surface area contributed by atoms with E-state index < -0.39 is 0 Å². The lowest BCUT2D eigenvalue weighted by Crippen LogP contribution is -2.39. The zero-order valence-electron chi connectivity index (χ0n) is 19.4. The SMILES string of the molecule is CCN(CC)c1ccc(NC(=O)N[C@H]2CC(=O)N(c3ccc(OC)c(OC)c3)C2)c(C)c1. The Morgan fingerprint density at radius 1 is 1.09 bits per heavy atom. The molecule has 3 amide bonds. The van der Waals surface area contributed by atoms with E-state index in [1.807, 2.05) is 25.1 Å². The van der Waals surface area contributed by atoms with Gasteiger partial charge in [0, 0.05) is 49.2 Å². The van der Waals surface area contributed by atoms with Crippen molar-refractivity contribution in [3.05, 3.63) is 42.0 Å². The van der Waals surface area contributed by atoms with Gasteiger partial charge in [0.2, 0.25) is 5.91 Å². The molecule has 1 aliphatic heterocycles. The topological polar surface area (TPSA) is 83.1 Å². The van der Waals surface area contributed by atoms with Crippen molar-refractivity contribution in [1.82, 2.24) is 5.32 Å². The largest absolute Gasteiger partial charge is 0.493 e. The molecular weight excluding hydrogens is 408 g/mol. The molecule has 1 aliphatic rings. The minimum atomic E-state index is -0.323. The van der Waals surface area contributed by atoms with E-state index in [9.17, 15) is 9.59 Å². The number of ether oxygens (including phenoxy) is 2. The molecule has 0 aliphatic carbocycles. The number of methoxy groups -OCH3 is 2. The van der Waals surface area contributed by atoms with E-state index in [0.29, 0.717) is 23.7 Å². The predicted molar refractivity (Wildman–Crippen MR) is 127 cm³/mol. The van der Waals surface area contributed by atoms with Crippen LogP contribution in [0.3, 0.4) is 0 Å².